The Morgan fingerprint density at radius 3 is 2.56 bits per heavy atom. The van der Waals surface area contributed by atoms with Crippen molar-refractivity contribution in [2.24, 2.45) is 0 Å². The summed E-state index contributed by atoms with van der Waals surface area (Å²) in [7, 11) is 0. The number of hydrogen-bond acceptors (Lipinski definition) is 4. The van der Waals surface area contributed by atoms with Gasteiger partial charge in [-0.1, -0.05) is 32.1 Å². The van der Waals surface area contributed by atoms with E-state index in [4.69, 9.17) is 0 Å². The molecule has 3 nitrogen and oxygen atoms in total. The molecule has 0 atom stereocenters. The third kappa shape index (κ3) is 3.17. The minimum Gasteiger partial charge on any atom is -0.361 e. The van der Waals surface area contributed by atoms with Crippen molar-refractivity contribution < 1.29 is 0 Å². The van der Waals surface area contributed by atoms with Gasteiger partial charge in [0.15, 0.2) is 0 Å². The number of rotatable bonds is 3. The topological polar surface area (TPSA) is 37.8 Å². The number of nitrogens with one attached hydrogen (secondary N) is 1. The van der Waals surface area contributed by atoms with Gasteiger partial charge in [-0.3, -0.25) is 0 Å². The zero-order chi connectivity index (χ0) is 11.2. The van der Waals surface area contributed by atoms with Crippen molar-refractivity contribution in [2.75, 3.05) is 11.9 Å². The summed E-state index contributed by atoms with van der Waals surface area (Å²) in [5.74, 6) is 1.70. The maximum atomic E-state index is 4.59. The number of aromatic nitrogens is 2. The molecule has 0 spiro atoms. The Morgan fingerprint density at radius 1 is 1.19 bits per heavy atom. The minimum absolute atomic E-state index is 0.615. The zero-order valence-electron chi connectivity index (χ0n) is 10.0. The van der Waals surface area contributed by atoms with Gasteiger partial charge < -0.3 is 5.32 Å². The molecule has 16 heavy (non-hydrogen) atoms. The smallest absolute Gasteiger partial charge is 0.202 e. The molecule has 1 fully saturated rings. The molecule has 0 aliphatic heterocycles. The van der Waals surface area contributed by atoms with Crippen molar-refractivity contribution in [3.8, 4) is 0 Å². The van der Waals surface area contributed by atoms with E-state index in [1.165, 1.54) is 56.5 Å². The summed E-state index contributed by atoms with van der Waals surface area (Å²) >= 11 is 1.51. The maximum absolute atomic E-state index is 4.59. The van der Waals surface area contributed by atoms with E-state index in [9.17, 15) is 0 Å². The molecule has 1 saturated carbocycles. The fourth-order valence-corrected chi connectivity index (χ4v) is 3.05. The Labute approximate surface area is 102 Å². The predicted molar refractivity (Wildman–Crippen MR) is 69.1 cm³/mol. The highest BCUT2D eigenvalue weighted by Gasteiger charge is 2.17. The lowest BCUT2D eigenvalue weighted by Crippen LogP contribution is -2.04. The summed E-state index contributed by atoms with van der Waals surface area (Å²) in [6.45, 7) is 3.02. The van der Waals surface area contributed by atoms with Crippen molar-refractivity contribution in [1.82, 2.24) is 9.36 Å². The van der Waals surface area contributed by atoms with E-state index in [1.807, 2.05) is 0 Å². The molecule has 1 N–H and O–H groups in total. The highest BCUT2D eigenvalue weighted by Crippen LogP contribution is 2.30. The molecule has 0 bridgehead atoms. The lowest BCUT2D eigenvalue weighted by atomic mass is 9.91. The van der Waals surface area contributed by atoms with Crippen LogP contribution in [0.3, 0.4) is 0 Å². The Balaban J connectivity index is 1.97. The lowest BCUT2D eigenvalue weighted by molar-refractivity contribution is 0.445. The molecule has 4 heteroatoms. The molecule has 0 amide bonds. The van der Waals surface area contributed by atoms with E-state index >= 15 is 0 Å². The van der Waals surface area contributed by atoms with Crippen LogP contribution in [0, 0.1) is 0 Å². The van der Waals surface area contributed by atoms with Crippen LogP contribution in [0.2, 0.25) is 0 Å². The summed E-state index contributed by atoms with van der Waals surface area (Å²) in [4.78, 5) is 4.59. The highest BCUT2D eigenvalue weighted by atomic mass is 32.1. The van der Waals surface area contributed by atoms with Crippen molar-refractivity contribution in [3.05, 3.63) is 5.82 Å². The average molecular weight is 239 g/mol. The molecule has 1 aromatic heterocycles. The van der Waals surface area contributed by atoms with Crippen LogP contribution < -0.4 is 5.32 Å². The van der Waals surface area contributed by atoms with Crippen LogP contribution in [0.15, 0.2) is 0 Å². The van der Waals surface area contributed by atoms with Crippen LogP contribution in [-0.4, -0.2) is 15.9 Å². The van der Waals surface area contributed by atoms with Crippen molar-refractivity contribution in [2.45, 2.75) is 57.8 Å². The van der Waals surface area contributed by atoms with Gasteiger partial charge in [-0.05, 0) is 19.8 Å². The first-order valence-electron chi connectivity index (χ1n) is 6.47. The number of anilines is 1. The third-order valence-electron chi connectivity index (χ3n) is 3.24. The Bertz CT molecular complexity index is 303. The summed E-state index contributed by atoms with van der Waals surface area (Å²) in [6.07, 6.45) is 9.45. The maximum Gasteiger partial charge on any atom is 0.202 e. The molecule has 1 aliphatic rings. The van der Waals surface area contributed by atoms with Gasteiger partial charge in [0, 0.05) is 24.0 Å². The number of hydrogen-bond donors (Lipinski definition) is 1. The monoisotopic (exact) mass is 239 g/mol. The van der Waals surface area contributed by atoms with Crippen LogP contribution in [0.5, 0.6) is 0 Å². The van der Waals surface area contributed by atoms with Gasteiger partial charge in [0.1, 0.15) is 5.82 Å². The average Bonchev–Trinajstić information content (AvgIpc) is 2.66. The lowest BCUT2D eigenvalue weighted by Gasteiger charge is -2.16. The summed E-state index contributed by atoms with van der Waals surface area (Å²) in [6, 6.07) is 0. The van der Waals surface area contributed by atoms with Crippen molar-refractivity contribution in [3.63, 3.8) is 0 Å². The van der Waals surface area contributed by atoms with Crippen LogP contribution in [0.1, 0.15) is 63.6 Å². The van der Waals surface area contributed by atoms with Crippen molar-refractivity contribution >= 4 is 16.7 Å². The quantitative estimate of drug-likeness (QED) is 0.872. The number of nitrogens with zero attached hydrogens (tertiary/aromatic N) is 2. The van der Waals surface area contributed by atoms with Crippen LogP contribution in [0.4, 0.5) is 5.13 Å². The van der Waals surface area contributed by atoms with Gasteiger partial charge in [-0.2, -0.15) is 4.37 Å². The first-order valence-corrected chi connectivity index (χ1v) is 7.25. The van der Waals surface area contributed by atoms with Gasteiger partial charge in [0.2, 0.25) is 5.13 Å². The molecular weight excluding hydrogens is 218 g/mol. The third-order valence-corrected chi connectivity index (χ3v) is 3.93. The van der Waals surface area contributed by atoms with Crippen LogP contribution >= 0.6 is 11.5 Å². The van der Waals surface area contributed by atoms with Gasteiger partial charge in [-0.25, -0.2) is 4.98 Å². The first-order chi connectivity index (χ1) is 7.90. The molecule has 0 unspecified atom stereocenters. The molecule has 90 valence electrons. The summed E-state index contributed by atoms with van der Waals surface area (Å²) in [5, 5.41) is 4.23. The Hall–Kier alpha value is -0.640. The Kier molecular flexibility index (Phi) is 4.57. The predicted octanol–water partition coefficient (Wildman–Crippen LogP) is 3.80. The largest absolute Gasteiger partial charge is 0.361 e. The molecule has 1 aliphatic carbocycles. The normalized spacial score (nSPS) is 19.1. The highest BCUT2D eigenvalue weighted by molar-refractivity contribution is 7.09. The van der Waals surface area contributed by atoms with Gasteiger partial charge in [-0.15, -0.1) is 0 Å². The van der Waals surface area contributed by atoms with Crippen LogP contribution in [0.25, 0.3) is 0 Å². The Morgan fingerprint density at radius 2 is 1.88 bits per heavy atom. The fourth-order valence-electron chi connectivity index (χ4n) is 2.34. The van der Waals surface area contributed by atoms with Crippen molar-refractivity contribution in [1.29, 1.82) is 0 Å². The van der Waals surface area contributed by atoms with Gasteiger partial charge >= 0.3 is 0 Å². The van der Waals surface area contributed by atoms with E-state index in [0.29, 0.717) is 5.92 Å². The summed E-state index contributed by atoms with van der Waals surface area (Å²) in [5.41, 5.74) is 0. The molecule has 1 heterocycles. The van der Waals surface area contributed by atoms with E-state index < -0.39 is 0 Å². The van der Waals surface area contributed by atoms with E-state index in [2.05, 4.69) is 21.6 Å². The molecule has 2 rings (SSSR count). The zero-order valence-corrected chi connectivity index (χ0v) is 10.9. The minimum atomic E-state index is 0.615. The van der Waals surface area contributed by atoms with Crippen LogP contribution in [-0.2, 0) is 0 Å². The van der Waals surface area contributed by atoms with Gasteiger partial charge in [0.25, 0.3) is 0 Å². The second kappa shape index (κ2) is 6.18. The standard InChI is InChI=1S/C12H21N3S/c1-2-13-12-14-11(15-16-12)10-8-6-4-3-5-7-9-10/h10H,2-9H2,1H3,(H,13,14,15). The molecule has 0 aromatic carbocycles. The molecule has 0 radical (unpaired) electrons. The van der Waals surface area contributed by atoms with E-state index in [-0.39, 0.29) is 0 Å². The molecule has 1 aromatic rings. The van der Waals surface area contributed by atoms with Gasteiger partial charge in [0.05, 0.1) is 0 Å². The molecule has 0 saturated heterocycles. The SMILES string of the molecule is CCNc1nc(C2CCCCCCC2)ns1. The van der Waals surface area contributed by atoms with E-state index in [0.717, 1.165) is 17.5 Å². The summed E-state index contributed by atoms with van der Waals surface area (Å²) < 4.78 is 4.50. The fraction of sp³-hybridized carbons (Fsp3) is 0.833. The second-order valence-electron chi connectivity index (χ2n) is 4.53. The van der Waals surface area contributed by atoms with E-state index in [1.54, 1.807) is 0 Å². The molecular formula is C12H21N3S. The first kappa shape index (κ1) is 11.8. The second-order valence-corrected chi connectivity index (χ2v) is 5.28.